The minimum atomic E-state index is 0.0849. The highest BCUT2D eigenvalue weighted by Gasteiger charge is 2.13. The van der Waals surface area contributed by atoms with Crippen LogP contribution in [0.5, 0.6) is 0 Å². The first-order valence-electron chi connectivity index (χ1n) is 4.59. The van der Waals surface area contributed by atoms with Crippen LogP contribution in [0, 0.1) is 0 Å². The zero-order chi connectivity index (χ0) is 10.6. The molecule has 78 valence electrons. The average Bonchev–Trinajstić information content (AvgIpc) is 2.15. The zero-order valence-corrected chi connectivity index (χ0v) is 8.51. The molecule has 0 aliphatic rings. The summed E-state index contributed by atoms with van der Waals surface area (Å²) in [6.07, 6.45) is 3.02. The molecule has 0 radical (unpaired) electrons. The molecule has 1 aromatic heterocycles. The first-order valence-corrected chi connectivity index (χ1v) is 4.59. The SMILES string of the molecule is CC(C)N(CCO)c1ncncc1N. The Morgan fingerprint density at radius 3 is 2.79 bits per heavy atom. The van der Waals surface area contributed by atoms with Gasteiger partial charge in [0.15, 0.2) is 5.82 Å². The molecule has 0 unspecified atom stereocenters. The maximum absolute atomic E-state index is 8.91. The molecule has 5 nitrogen and oxygen atoms in total. The fourth-order valence-corrected chi connectivity index (χ4v) is 1.29. The van der Waals surface area contributed by atoms with Crippen LogP contribution in [-0.2, 0) is 0 Å². The molecular weight excluding hydrogens is 180 g/mol. The number of rotatable bonds is 4. The fourth-order valence-electron chi connectivity index (χ4n) is 1.29. The number of anilines is 2. The van der Waals surface area contributed by atoms with E-state index >= 15 is 0 Å². The van der Waals surface area contributed by atoms with Crippen LogP contribution >= 0.6 is 0 Å². The number of hydrogen-bond acceptors (Lipinski definition) is 5. The summed E-state index contributed by atoms with van der Waals surface area (Å²) in [6, 6.07) is 0.249. The van der Waals surface area contributed by atoms with E-state index in [0.717, 1.165) is 0 Å². The molecule has 0 aliphatic heterocycles. The molecule has 0 amide bonds. The molecule has 5 heteroatoms. The summed E-state index contributed by atoms with van der Waals surface area (Å²) in [5, 5.41) is 8.91. The number of nitrogens with zero attached hydrogens (tertiary/aromatic N) is 3. The molecule has 1 rings (SSSR count). The van der Waals surface area contributed by atoms with E-state index in [1.54, 1.807) is 6.20 Å². The molecule has 0 aliphatic carbocycles. The van der Waals surface area contributed by atoms with Crippen LogP contribution in [0.15, 0.2) is 12.5 Å². The zero-order valence-electron chi connectivity index (χ0n) is 8.51. The number of aliphatic hydroxyl groups excluding tert-OH is 1. The van der Waals surface area contributed by atoms with Gasteiger partial charge in [0.25, 0.3) is 0 Å². The second-order valence-corrected chi connectivity index (χ2v) is 3.31. The number of nitrogens with two attached hydrogens (primary N) is 1. The smallest absolute Gasteiger partial charge is 0.155 e. The van der Waals surface area contributed by atoms with Gasteiger partial charge >= 0.3 is 0 Å². The minimum absolute atomic E-state index is 0.0849. The summed E-state index contributed by atoms with van der Waals surface area (Å²) >= 11 is 0. The van der Waals surface area contributed by atoms with Crippen LogP contribution in [0.4, 0.5) is 11.5 Å². The van der Waals surface area contributed by atoms with Gasteiger partial charge < -0.3 is 15.7 Å². The van der Waals surface area contributed by atoms with E-state index in [2.05, 4.69) is 9.97 Å². The first kappa shape index (κ1) is 10.7. The van der Waals surface area contributed by atoms with Gasteiger partial charge in [0.1, 0.15) is 6.33 Å². The first-order chi connectivity index (χ1) is 6.66. The third-order valence-corrected chi connectivity index (χ3v) is 1.95. The average molecular weight is 196 g/mol. The summed E-state index contributed by atoms with van der Waals surface area (Å²) in [7, 11) is 0. The number of hydrogen-bond donors (Lipinski definition) is 2. The van der Waals surface area contributed by atoms with Gasteiger partial charge in [0.05, 0.1) is 18.5 Å². The van der Waals surface area contributed by atoms with Crippen LogP contribution in [0.2, 0.25) is 0 Å². The Kier molecular flexibility index (Phi) is 3.64. The summed E-state index contributed by atoms with van der Waals surface area (Å²) in [5.74, 6) is 0.684. The van der Waals surface area contributed by atoms with Crippen molar-refractivity contribution in [3.63, 3.8) is 0 Å². The van der Waals surface area contributed by atoms with E-state index in [9.17, 15) is 0 Å². The Bertz CT molecular complexity index is 290. The van der Waals surface area contributed by atoms with Crippen LogP contribution in [0.1, 0.15) is 13.8 Å². The molecule has 14 heavy (non-hydrogen) atoms. The summed E-state index contributed by atoms with van der Waals surface area (Å²) in [4.78, 5) is 9.86. The second-order valence-electron chi connectivity index (χ2n) is 3.31. The molecule has 0 saturated carbocycles. The van der Waals surface area contributed by atoms with Crippen LogP contribution in [-0.4, -0.2) is 34.3 Å². The van der Waals surface area contributed by atoms with Crippen molar-refractivity contribution in [2.45, 2.75) is 19.9 Å². The van der Waals surface area contributed by atoms with Gasteiger partial charge in [-0.15, -0.1) is 0 Å². The Balaban J connectivity index is 2.93. The van der Waals surface area contributed by atoms with E-state index in [1.807, 2.05) is 18.7 Å². The van der Waals surface area contributed by atoms with Crippen molar-refractivity contribution in [2.75, 3.05) is 23.8 Å². The highest BCUT2D eigenvalue weighted by molar-refractivity contribution is 5.61. The van der Waals surface area contributed by atoms with Gasteiger partial charge in [-0.1, -0.05) is 0 Å². The highest BCUT2D eigenvalue weighted by Crippen LogP contribution is 2.19. The van der Waals surface area contributed by atoms with E-state index < -0.39 is 0 Å². The minimum Gasteiger partial charge on any atom is -0.395 e. The lowest BCUT2D eigenvalue weighted by Crippen LogP contribution is -2.34. The molecule has 1 heterocycles. The molecule has 0 fully saturated rings. The Morgan fingerprint density at radius 1 is 1.57 bits per heavy atom. The van der Waals surface area contributed by atoms with Crippen molar-refractivity contribution < 1.29 is 5.11 Å². The predicted molar refractivity (Wildman–Crippen MR) is 56.0 cm³/mol. The van der Waals surface area contributed by atoms with Gasteiger partial charge in [0, 0.05) is 12.6 Å². The van der Waals surface area contributed by atoms with E-state index in [4.69, 9.17) is 10.8 Å². The standard InChI is InChI=1S/C9H16N4O/c1-7(2)13(3-4-14)9-8(10)5-11-6-12-9/h5-7,14H,3-4,10H2,1-2H3. The predicted octanol–water partition coefficient (Wildman–Crippen LogP) is 0.266. The van der Waals surface area contributed by atoms with E-state index in [1.165, 1.54) is 6.33 Å². The van der Waals surface area contributed by atoms with Gasteiger partial charge in [-0.2, -0.15) is 0 Å². The maximum atomic E-state index is 8.91. The van der Waals surface area contributed by atoms with E-state index in [0.29, 0.717) is 18.1 Å². The van der Waals surface area contributed by atoms with Crippen molar-refractivity contribution in [1.29, 1.82) is 0 Å². The number of aromatic nitrogens is 2. The lowest BCUT2D eigenvalue weighted by molar-refractivity contribution is 0.298. The topological polar surface area (TPSA) is 75.3 Å². The molecule has 0 atom stereocenters. The molecule has 1 aromatic rings. The Hall–Kier alpha value is -1.36. The van der Waals surface area contributed by atoms with Crippen LogP contribution in [0.3, 0.4) is 0 Å². The second kappa shape index (κ2) is 4.76. The van der Waals surface area contributed by atoms with Crippen molar-refractivity contribution in [1.82, 2.24) is 9.97 Å². The van der Waals surface area contributed by atoms with Crippen molar-refractivity contribution in [2.24, 2.45) is 0 Å². The van der Waals surface area contributed by atoms with Crippen LogP contribution < -0.4 is 10.6 Å². The lowest BCUT2D eigenvalue weighted by atomic mass is 10.3. The molecule has 0 spiro atoms. The Morgan fingerprint density at radius 2 is 2.29 bits per heavy atom. The number of nitrogen functional groups attached to an aromatic ring is 1. The molecule has 0 saturated heterocycles. The Labute approximate surface area is 83.6 Å². The largest absolute Gasteiger partial charge is 0.395 e. The lowest BCUT2D eigenvalue weighted by Gasteiger charge is -2.27. The summed E-state index contributed by atoms with van der Waals surface area (Å²) < 4.78 is 0. The number of aliphatic hydroxyl groups is 1. The fraction of sp³-hybridized carbons (Fsp3) is 0.556. The highest BCUT2D eigenvalue weighted by atomic mass is 16.3. The quantitative estimate of drug-likeness (QED) is 0.722. The van der Waals surface area contributed by atoms with Gasteiger partial charge in [-0.05, 0) is 13.8 Å². The molecule has 0 aromatic carbocycles. The van der Waals surface area contributed by atoms with Crippen molar-refractivity contribution in [3.05, 3.63) is 12.5 Å². The third kappa shape index (κ3) is 2.32. The van der Waals surface area contributed by atoms with Crippen LogP contribution in [0.25, 0.3) is 0 Å². The van der Waals surface area contributed by atoms with Crippen molar-refractivity contribution >= 4 is 11.5 Å². The van der Waals surface area contributed by atoms with E-state index in [-0.39, 0.29) is 12.6 Å². The van der Waals surface area contributed by atoms with Gasteiger partial charge in [-0.3, -0.25) is 0 Å². The summed E-state index contributed by atoms with van der Waals surface area (Å²) in [5.41, 5.74) is 6.28. The normalized spacial score (nSPS) is 10.6. The third-order valence-electron chi connectivity index (χ3n) is 1.95. The van der Waals surface area contributed by atoms with Gasteiger partial charge in [-0.25, -0.2) is 9.97 Å². The van der Waals surface area contributed by atoms with Gasteiger partial charge in [0.2, 0.25) is 0 Å². The molecule has 3 N–H and O–H groups in total. The summed E-state index contributed by atoms with van der Waals surface area (Å²) in [6.45, 7) is 4.66. The molecule has 0 bridgehead atoms. The molecular formula is C9H16N4O. The maximum Gasteiger partial charge on any atom is 0.155 e. The monoisotopic (exact) mass is 196 g/mol. The van der Waals surface area contributed by atoms with Crippen molar-refractivity contribution in [3.8, 4) is 0 Å².